The summed E-state index contributed by atoms with van der Waals surface area (Å²) in [6, 6.07) is 9.50. The molecule has 9 heteroatoms. The van der Waals surface area contributed by atoms with Gasteiger partial charge in [-0.3, -0.25) is 4.79 Å². The predicted octanol–water partition coefficient (Wildman–Crippen LogP) is 3.72. The quantitative estimate of drug-likeness (QED) is 0.679. The lowest BCUT2D eigenvalue weighted by Crippen LogP contribution is -2.23. The maximum absolute atomic E-state index is 12.4. The molecule has 0 spiro atoms. The zero-order valence-corrected chi connectivity index (χ0v) is 16.3. The first-order valence-corrected chi connectivity index (χ1v) is 8.58. The summed E-state index contributed by atoms with van der Waals surface area (Å²) >= 11 is 0. The van der Waals surface area contributed by atoms with Crippen LogP contribution in [0.15, 0.2) is 36.4 Å². The number of carbonyl (C=O) groups excluding carboxylic acids is 1. The van der Waals surface area contributed by atoms with E-state index < -0.39 is 12.8 Å². The van der Waals surface area contributed by atoms with Gasteiger partial charge in [-0.2, -0.15) is 13.2 Å². The summed E-state index contributed by atoms with van der Waals surface area (Å²) in [5, 5.41) is 2.77. The first-order valence-electron chi connectivity index (χ1n) is 8.58. The van der Waals surface area contributed by atoms with Crippen molar-refractivity contribution in [2.24, 2.45) is 0 Å². The Morgan fingerprint density at radius 2 is 1.52 bits per heavy atom. The third-order valence-corrected chi connectivity index (χ3v) is 3.98. The van der Waals surface area contributed by atoms with Gasteiger partial charge in [0.2, 0.25) is 0 Å². The molecule has 0 aromatic heterocycles. The van der Waals surface area contributed by atoms with Crippen molar-refractivity contribution in [2.45, 2.75) is 19.3 Å². The molecule has 0 aliphatic rings. The average Bonchev–Trinajstić information content (AvgIpc) is 2.70. The van der Waals surface area contributed by atoms with Crippen molar-refractivity contribution >= 4 is 5.91 Å². The van der Waals surface area contributed by atoms with Gasteiger partial charge in [0.1, 0.15) is 12.4 Å². The summed E-state index contributed by atoms with van der Waals surface area (Å²) in [6.07, 6.45) is -4.37. The highest BCUT2D eigenvalue weighted by Gasteiger charge is 2.27. The fourth-order valence-corrected chi connectivity index (χ4v) is 2.55. The van der Waals surface area contributed by atoms with Gasteiger partial charge in [0.25, 0.3) is 5.91 Å². The number of alkyl halides is 3. The van der Waals surface area contributed by atoms with Gasteiger partial charge >= 0.3 is 6.18 Å². The lowest BCUT2D eigenvalue weighted by atomic mass is 10.1. The van der Waals surface area contributed by atoms with Crippen LogP contribution in [0.3, 0.4) is 0 Å². The van der Waals surface area contributed by atoms with Gasteiger partial charge in [0.15, 0.2) is 11.5 Å². The van der Waals surface area contributed by atoms with E-state index in [4.69, 9.17) is 14.2 Å². The second-order valence-corrected chi connectivity index (χ2v) is 6.01. The van der Waals surface area contributed by atoms with Crippen molar-refractivity contribution in [3.63, 3.8) is 0 Å². The number of carbonyl (C=O) groups is 1. The van der Waals surface area contributed by atoms with Gasteiger partial charge in [-0.25, -0.2) is 0 Å². The SMILES string of the molecule is COc1cc(OC)c(OC)cc1CNC(=O)c1ccc(COCC(F)(F)F)cc1. The number of benzene rings is 2. The fourth-order valence-electron chi connectivity index (χ4n) is 2.55. The van der Waals surface area contributed by atoms with Gasteiger partial charge in [0, 0.05) is 23.7 Å². The molecule has 0 bridgehead atoms. The van der Waals surface area contributed by atoms with Crippen LogP contribution < -0.4 is 19.5 Å². The molecule has 6 nitrogen and oxygen atoms in total. The topological polar surface area (TPSA) is 66.0 Å². The van der Waals surface area contributed by atoms with Crippen LogP contribution in [-0.2, 0) is 17.9 Å². The molecule has 2 rings (SSSR count). The van der Waals surface area contributed by atoms with Crippen molar-refractivity contribution in [1.82, 2.24) is 5.32 Å². The van der Waals surface area contributed by atoms with Gasteiger partial charge in [-0.15, -0.1) is 0 Å². The zero-order valence-electron chi connectivity index (χ0n) is 16.3. The first kappa shape index (κ1) is 22.4. The highest BCUT2D eigenvalue weighted by molar-refractivity contribution is 5.94. The van der Waals surface area contributed by atoms with E-state index in [-0.39, 0.29) is 19.1 Å². The Morgan fingerprint density at radius 3 is 2.07 bits per heavy atom. The highest BCUT2D eigenvalue weighted by atomic mass is 19.4. The zero-order chi connectivity index (χ0) is 21.4. The number of methoxy groups -OCH3 is 3. The third kappa shape index (κ3) is 6.56. The average molecular weight is 413 g/mol. The Bertz CT molecular complexity index is 822. The largest absolute Gasteiger partial charge is 0.496 e. The minimum Gasteiger partial charge on any atom is -0.496 e. The second-order valence-electron chi connectivity index (χ2n) is 6.01. The minimum atomic E-state index is -4.37. The molecule has 1 N–H and O–H groups in total. The summed E-state index contributed by atoms with van der Waals surface area (Å²) in [4.78, 5) is 12.4. The molecule has 158 valence electrons. The van der Waals surface area contributed by atoms with Gasteiger partial charge in [-0.1, -0.05) is 12.1 Å². The standard InChI is InChI=1S/C20H22F3NO5/c1-26-16-9-18(28-3)17(27-2)8-15(16)10-24-19(25)14-6-4-13(5-7-14)11-29-12-20(21,22)23/h4-9H,10-12H2,1-3H3,(H,24,25). The molecule has 0 aliphatic heterocycles. The normalized spacial score (nSPS) is 11.1. The Labute approximate surface area is 166 Å². The third-order valence-electron chi connectivity index (χ3n) is 3.98. The molecule has 2 aromatic rings. The number of hydrogen-bond acceptors (Lipinski definition) is 5. The first-order chi connectivity index (χ1) is 13.8. The molecule has 0 aliphatic carbocycles. The molecule has 0 heterocycles. The van der Waals surface area contributed by atoms with Gasteiger partial charge in [0.05, 0.1) is 27.9 Å². The monoisotopic (exact) mass is 413 g/mol. The number of nitrogens with one attached hydrogen (secondary N) is 1. The van der Waals surface area contributed by atoms with Crippen LogP contribution in [-0.4, -0.2) is 40.0 Å². The lowest BCUT2D eigenvalue weighted by molar-refractivity contribution is -0.176. The molecule has 0 saturated carbocycles. The van der Waals surface area contributed by atoms with Crippen molar-refractivity contribution in [3.8, 4) is 17.2 Å². The summed E-state index contributed by atoms with van der Waals surface area (Å²) in [5.41, 5.74) is 1.59. The molecule has 0 atom stereocenters. The summed E-state index contributed by atoms with van der Waals surface area (Å²) < 4.78 is 56.7. The maximum Gasteiger partial charge on any atom is 0.411 e. The molecule has 0 fully saturated rings. The number of hydrogen-bond donors (Lipinski definition) is 1. The van der Waals surface area contributed by atoms with Gasteiger partial charge in [-0.05, 0) is 23.8 Å². The Morgan fingerprint density at radius 1 is 0.931 bits per heavy atom. The molecule has 0 unspecified atom stereocenters. The molecule has 2 aromatic carbocycles. The maximum atomic E-state index is 12.4. The van der Waals surface area contributed by atoms with Gasteiger partial charge < -0.3 is 24.3 Å². The van der Waals surface area contributed by atoms with E-state index in [2.05, 4.69) is 10.1 Å². The second kappa shape index (κ2) is 10.0. The minimum absolute atomic E-state index is 0.179. The summed E-state index contributed by atoms with van der Waals surface area (Å²) in [7, 11) is 4.52. The van der Waals surface area contributed by atoms with E-state index in [9.17, 15) is 18.0 Å². The van der Waals surface area contributed by atoms with Crippen LogP contribution in [0, 0.1) is 0 Å². The van der Waals surface area contributed by atoms with Crippen molar-refractivity contribution in [2.75, 3.05) is 27.9 Å². The smallest absolute Gasteiger partial charge is 0.411 e. The number of ether oxygens (including phenoxy) is 4. The summed E-state index contributed by atoms with van der Waals surface area (Å²) in [5.74, 6) is 1.19. The van der Waals surface area contributed by atoms with Crippen LogP contribution in [0.1, 0.15) is 21.5 Å². The van der Waals surface area contributed by atoms with Crippen LogP contribution in [0.2, 0.25) is 0 Å². The van der Waals surface area contributed by atoms with Crippen LogP contribution >= 0.6 is 0 Å². The molecule has 0 saturated heterocycles. The Kier molecular flexibility index (Phi) is 7.72. The van der Waals surface area contributed by atoms with Crippen LogP contribution in [0.4, 0.5) is 13.2 Å². The van der Waals surface area contributed by atoms with Crippen molar-refractivity contribution < 1.29 is 36.9 Å². The van der Waals surface area contributed by atoms with E-state index in [0.29, 0.717) is 33.9 Å². The molecule has 1 amide bonds. The van der Waals surface area contributed by atoms with E-state index in [0.717, 1.165) is 0 Å². The van der Waals surface area contributed by atoms with Crippen molar-refractivity contribution in [3.05, 3.63) is 53.1 Å². The van der Waals surface area contributed by atoms with E-state index in [1.807, 2.05) is 0 Å². The lowest BCUT2D eigenvalue weighted by Gasteiger charge is -2.14. The Hall–Kier alpha value is -2.94. The molecule has 29 heavy (non-hydrogen) atoms. The number of halogens is 3. The van der Waals surface area contributed by atoms with Crippen LogP contribution in [0.5, 0.6) is 17.2 Å². The van der Waals surface area contributed by atoms with Crippen LogP contribution in [0.25, 0.3) is 0 Å². The number of rotatable bonds is 9. The summed E-state index contributed by atoms with van der Waals surface area (Å²) in [6.45, 7) is -1.33. The highest BCUT2D eigenvalue weighted by Crippen LogP contribution is 2.34. The Balaban J connectivity index is 1.98. The number of amides is 1. The molecular weight excluding hydrogens is 391 g/mol. The van der Waals surface area contributed by atoms with E-state index >= 15 is 0 Å². The molecular formula is C20H22F3NO5. The molecule has 0 radical (unpaired) electrons. The van der Waals surface area contributed by atoms with E-state index in [1.165, 1.54) is 33.5 Å². The van der Waals surface area contributed by atoms with Crippen molar-refractivity contribution in [1.29, 1.82) is 0 Å². The fraction of sp³-hybridized carbons (Fsp3) is 0.350. The van der Waals surface area contributed by atoms with E-state index in [1.54, 1.807) is 24.3 Å². The predicted molar refractivity (Wildman–Crippen MR) is 99.4 cm³/mol.